The molecule has 2 aromatic carbocycles. The first-order valence-corrected chi connectivity index (χ1v) is 13.1. The van der Waals surface area contributed by atoms with Crippen molar-refractivity contribution in [3.05, 3.63) is 67.9 Å². The van der Waals surface area contributed by atoms with Crippen LogP contribution in [0, 0.1) is 0 Å². The van der Waals surface area contributed by atoms with Crippen LogP contribution in [0.2, 0.25) is 0 Å². The predicted molar refractivity (Wildman–Crippen MR) is 140 cm³/mol. The third-order valence-corrected chi connectivity index (χ3v) is 6.93. The van der Waals surface area contributed by atoms with E-state index in [-0.39, 0.29) is 18.9 Å². The van der Waals surface area contributed by atoms with Crippen molar-refractivity contribution in [2.75, 3.05) is 18.5 Å². The maximum Gasteiger partial charge on any atom is 0.341 e. The molecule has 0 fully saturated rings. The fourth-order valence-electron chi connectivity index (χ4n) is 3.18. The highest BCUT2D eigenvalue weighted by molar-refractivity contribution is 9.10. The van der Waals surface area contributed by atoms with Gasteiger partial charge in [-0.2, -0.15) is 0 Å². The molecule has 0 aliphatic heterocycles. The maximum atomic E-state index is 12.7. The lowest BCUT2D eigenvalue weighted by Gasteiger charge is -2.10. The van der Waals surface area contributed by atoms with E-state index in [2.05, 4.69) is 44.1 Å². The Morgan fingerprint density at radius 1 is 1.06 bits per heavy atom. The lowest BCUT2D eigenvalue weighted by atomic mass is 10.0. The molecule has 3 aromatic rings. The Morgan fingerprint density at radius 2 is 1.82 bits per heavy atom. The van der Waals surface area contributed by atoms with Crippen LogP contribution >= 0.6 is 43.2 Å². The number of esters is 1. The van der Waals surface area contributed by atoms with Crippen LogP contribution < -0.4 is 10.1 Å². The van der Waals surface area contributed by atoms with Crippen molar-refractivity contribution in [2.45, 2.75) is 33.1 Å². The largest absolute Gasteiger partial charge is 0.492 e. The standard InChI is InChI=1S/C25H25Br2NO4S/c1-3-16-7-12-21(20(27)14-16)32-13-5-6-22(29)28-24-23(25(30)31-4-2)19(15-33-24)17-8-10-18(26)11-9-17/h7-12,14-15H,3-6,13H2,1-2H3,(H,28,29). The number of rotatable bonds is 10. The van der Waals surface area contributed by atoms with Gasteiger partial charge in [0.1, 0.15) is 16.3 Å². The monoisotopic (exact) mass is 593 g/mol. The van der Waals surface area contributed by atoms with E-state index in [4.69, 9.17) is 9.47 Å². The molecule has 5 nitrogen and oxygen atoms in total. The maximum absolute atomic E-state index is 12.7. The normalized spacial score (nSPS) is 10.7. The summed E-state index contributed by atoms with van der Waals surface area (Å²) in [5, 5.41) is 5.24. The minimum absolute atomic E-state index is 0.172. The van der Waals surface area contributed by atoms with E-state index in [1.807, 2.05) is 47.8 Å². The average Bonchev–Trinajstić information content (AvgIpc) is 3.21. The zero-order valence-corrected chi connectivity index (χ0v) is 22.4. The molecule has 0 saturated carbocycles. The number of carbonyl (C=O) groups excluding carboxylic acids is 2. The highest BCUT2D eigenvalue weighted by Crippen LogP contribution is 2.37. The fraction of sp³-hybridized carbons (Fsp3) is 0.280. The molecule has 0 radical (unpaired) electrons. The molecule has 1 amide bonds. The van der Waals surface area contributed by atoms with E-state index < -0.39 is 5.97 Å². The Morgan fingerprint density at radius 3 is 2.48 bits per heavy atom. The second-order valence-electron chi connectivity index (χ2n) is 7.20. The summed E-state index contributed by atoms with van der Waals surface area (Å²) in [6.07, 6.45) is 1.78. The minimum atomic E-state index is -0.448. The van der Waals surface area contributed by atoms with E-state index in [1.165, 1.54) is 16.9 Å². The molecule has 8 heteroatoms. The van der Waals surface area contributed by atoms with E-state index in [0.717, 1.165) is 32.2 Å². The number of halogens is 2. The molecule has 3 rings (SSSR count). The summed E-state index contributed by atoms with van der Waals surface area (Å²) in [4.78, 5) is 25.2. The summed E-state index contributed by atoms with van der Waals surface area (Å²) < 4.78 is 12.9. The highest BCUT2D eigenvalue weighted by atomic mass is 79.9. The Bertz CT molecular complexity index is 1110. The molecule has 0 aliphatic rings. The van der Waals surface area contributed by atoms with Gasteiger partial charge in [0.05, 0.1) is 17.7 Å². The summed E-state index contributed by atoms with van der Waals surface area (Å²) in [5.41, 5.74) is 3.23. The van der Waals surface area contributed by atoms with Gasteiger partial charge in [-0.1, -0.05) is 41.1 Å². The van der Waals surface area contributed by atoms with Crippen LogP contribution in [-0.2, 0) is 16.0 Å². The van der Waals surface area contributed by atoms with E-state index in [1.54, 1.807) is 6.92 Å². The number of hydrogen-bond acceptors (Lipinski definition) is 5. The predicted octanol–water partition coefficient (Wildman–Crippen LogP) is 7.48. The molecule has 0 spiro atoms. The van der Waals surface area contributed by atoms with Gasteiger partial charge in [-0.15, -0.1) is 11.3 Å². The van der Waals surface area contributed by atoms with Crippen LogP contribution in [-0.4, -0.2) is 25.1 Å². The van der Waals surface area contributed by atoms with Crippen LogP contribution in [0.5, 0.6) is 5.75 Å². The number of nitrogens with one attached hydrogen (secondary N) is 1. The molecule has 33 heavy (non-hydrogen) atoms. The molecule has 174 valence electrons. The Hall–Kier alpha value is -2.16. The number of hydrogen-bond donors (Lipinski definition) is 1. The number of anilines is 1. The minimum Gasteiger partial charge on any atom is -0.492 e. The van der Waals surface area contributed by atoms with Crippen molar-refractivity contribution >= 4 is 60.1 Å². The smallest absolute Gasteiger partial charge is 0.341 e. The van der Waals surface area contributed by atoms with Crippen LogP contribution in [0.25, 0.3) is 11.1 Å². The van der Waals surface area contributed by atoms with Crippen LogP contribution in [0.3, 0.4) is 0 Å². The van der Waals surface area contributed by atoms with Gasteiger partial charge < -0.3 is 14.8 Å². The van der Waals surface area contributed by atoms with Crippen molar-refractivity contribution < 1.29 is 19.1 Å². The van der Waals surface area contributed by atoms with Crippen molar-refractivity contribution in [3.63, 3.8) is 0 Å². The van der Waals surface area contributed by atoms with Gasteiger partial charge in [-0.3, -0.25) is 4.79 Å². The lowest BCUT2D eigenvalue weighted by Crippen LogP contribution is -2.15. The summed E-state index contributed by atoms with van der Waals surface area (Å²) >= 11 is 8.27. The molecule has 0 atom stereocenters. The quantitative estimate of drug-likeness (QED) is 0.195. The fourth-order valence-corrected chi connectivity index (χ4v) is 4.96. The second-order valence-corrected chi connectivity index (χ2v) is 9.85. The van der Waals surface area contributed by atoms with Gasteiger partial charge in [0.25, 0.3) is 0 Å². The van der Waals surface area contributed by atoms with Crippen LogP contribution in [0.15, 0.2) is 56.8 Å². The third-order valence-electron chi connectivity index (χ3n) is 4.89. The van der Waals surface area contributed by atoms with Crippen molar-refractivity contribution in [3.8, 4) is 16.9 Å². The topological polar surface area (TPSA) is 64.6 Å². The highest BCUT2D eigenvalue weighted by Gasteiger charge is 2.22. The van der Waals surface area contributed by atoms with Crippen molar-refractivity contribution in [1.29, 1.82) is 0 Å². The molecular weight excluding hydrogens is 570 g/mol. The summed E-state index contributed by atoms with van der Waals surface area (Å²) in [5.74, 6) is 0.138. The molecule has 1 heterocycles. The Kier molecular flexibility index (Phi) is 9.52. The molecular formula is C25H25Br2NO4S. The SMILES string of the molecule is CCOC(=O)c1c(-c2ccc(Br)cc2)csc1NC(=O)CCCOc1ccc(CC)cc1Br. The van der Waals surface area contributed by atoms with Gasteiger partial charge in [0.2, 0.25) is 5.91 Å². The summed E-state index contributed by atoms with van der Waals surface area (Å²) in [7, 11) is 0. The molecule has 0 unspecified atom stereocenters. The lowest BCUT2D eigenvalue weighted by molar-refractivity contribution is -0.116. The second kappa shape index (κ2) is 12.3. The number of amides is 1. The van der Waals surface area contributed by atoms with Gasteiger partial charge in [0.15, 0.2) is 0 Å². The molecule has 1 aromatic heterocycles. The van der Waals surface area contributed by atoms with Crippen LogP contribution in [0.1, 0.15) is 42.6 Å². The van der Waals surface area contributed by atoms with Gasteiger partial charge in [-0.05, 0) is 71.1 Å². The zero-order chi connectivity index (χ0) is 23.8. The number of carbonyl (C=O) groups is 2. The first-order valence-electron chi connectivity index (χ1n) is 10.7. The van der Waals surface area contributed by atoms with E-state index in [0.29, 0.717) is 23.6 Å². The first-order chi connectivity index (χ1) is 15.9. The van der Waals surface area contributed by atoms with Gasteiger partial charge in [-0.25, -0.2) is 4.79 Å². The van der Waals surface area contributed by atoms with Gasteiger partial charge >= 0.3 is 5.97 Å². The average molecular weight is 595 g/mol. The van der Waals surface area contributed by atoms with E-state index >= 15 is 0 Å². The zero-order valence-electron chi connectivity index (χ0n) is 18.5. The van der Waals surface area contributed by atoms with Crippen molar-refractivity contribution in [2.24, 2.45) is 0 Å². The number of benzene rings is 2. The molecule has 1 N–H and O–H groups in total. The molecule has 0 aliphatic carbocycles. The number of thiophene rings is 1. The Balaban J connectivity index is 1.63. The molecule has 0 bridgehead atoms. The number of aryl methyl sites for hydroxylation is 1. The summed E-state index contributed by atoms with van der Waals surface area (Å²) in [6, 6.07) is 13.7. The summed E-state index contributed by atoms with van der Waals surface area (Å²) in [6.45, 7) is 4.53. The Labute approximate surface area is 214 Å². The first kappa shape index (κ1) is 25.5. The van der Waals surface area contributed by atoms with Crippen molar-refractivity contribution in [1.82, 2.24) is 0 Å². The molecule has 0 saturated heterocycles. The van der Waals surface area contributed by atoms with Crippen LogP contribution in [0.4, 0.5) is 5.00 Å². The third kappa shape index (κ3) is 6.91. The number of ether oxygens (including phenoxy) is 2. The van der Waals surface area contributed by atoms with E-state index in [9.17, 15) is 9.59 Å². The van der Waals surface area contributed by atoms with Gasteiger partial charge in [0, 0.05) is 21.8 Å².